The third-order valence-electron chi connectivity index (χ3n) is 3.02. The van der Waals surface area contributed by atoms with Crippen molar-refractivity contribution in [3.8, 4) is 0 Å². The zero-order valence-electron chi connectivity index (χ0n) is 13.6. The van der Waals surface area contributed by atoms with Gasteiger partial charge in [-0.3, -0.25) is 4.79 Å². The van der Waals surface area contributed by atoms with Gasteiger partial charge in [-0.15, -0.1) is 0 Å². The molecular formula is C13H12F10O5. The average Bonchev–Trinajstić information content (AvgIpc) is 2.48. The summed E-state index contributed by atoms with van der Waals surface area (Å²) in [6.45, 7) is 3.17. The summed E-state index contributed by atoms with van der Waals surface area (Å²) in [7, 11) is 0. The molecule has 15 heteroatoms. The Bertz CT molecular complexity index is 597. The molecule has 0 saturated heterocycles. The first-order valence-electron chi connectivity index (χ1n) is 6.84. The number of rotatable bonds is 8. The zero-order chi connectivity index (χ0) is 22.7. The highest BCUT2D eigenvalue weighted by Gasteiger charge is 2.81. The summed E-state index contributed by atoms with van der Waals surface area (Å²) in [5.41, 5.74) is -6.70. The van der Waals surface area contributed by atoms with Crippen molar-refractivity contribution in [2.24, 2.45) is 0 Å². The molecule has 0 rings (SSSR count). The summed E-state index contributed by atoms with van der Waals surface area (Å²) < 4.78 is 136. The van der Waals surface area contributed by atoms with Crippen molar-refractivity contribution < 1.29 is 68.1 Å². The molecule has 0 spiro atoms. The first kappa shape index (κ1) is 25.9. The molecule has 0 amide bonds. The molecule has 0 bridgehead atoms. The highest BCUT2D eigenvalue weighted by molar-refractivity contribution is 5.87. The molecule has 0 aliphatic heterocycles. The second-order valence-electron chi connectivity index (χ2n) is 5.27. The summed E-state index contributed by atoms with van der Waals surface area (Å²) in [5, 5.41) is 8.71. The molecular weight excluding hydrogens is 426 g/mol. The molecule has 2 atom stereocenters. The smallest absolute Gasteiger partial charge is 0.431 e. The molecule has 0 aliphatic carbocycles. The van der Waals surface area contributed by atoms with Crippen molar-refractivity contribution in [1.82, 2.24) is 0 Å². The number of carbonyl (C=O) groups is 2. The Balaban J connectivity index is 5.67. The van der Waals surface area contributed by atoms with Gasteiger partial charge in [-0.05, 0) is 6.92 Å². The molecule has 0 aromatic rings. The normalized spacial score (nSPS) is 16.3. The van der Waals surface area contributed by atoms with Crippen LogP contribution in [0.5, 0.6) is 0 Å². The summed E-state index contributed by atoms with van der Waals surface area (Å²) in [6.07, 6.45) is -25.3. The zero-order valence-corrected chi connectivity index (χ0v) is 13.6. The van der Waals surface area contributed by atoms with E-state index in [1.165, 1.54) is 0 Å². The number of ether oxygens (including phenoxy) is 2. The maximum Gasteiger partial charge on any atom is 0.431 e. The lowest BCUT2D eigenvalue weighted by Gasteiger charge is -2.40. The van der Waals surface area contributed by atoms with Gasteiger partial charge in [0.15, 0.2) is 0 Å². The van der Waals surface area contributed by atoms with E-state index in [-0.39, 0.29) is 5.57 Å². The number of aliphatic hydroxyl groups is 1. The maximum absolute atomic E-state index is 13.8. The van der Waals surface area contributed by atoms with Gasteiger partial charge >= 0.3 is 30.2 Å². The van der Waals surface area contributed by atoms with Crippen molar-refractivity contribution in [2.45, 2.75) is 49.8 Å². The van der Waals surface area contributed by atoms with Gasteiger partial charge in [0.05, 0.1) is 6.42 Å². The number of esters is 2. The summed E-state index contributed by atoms with van der Waals surface area (Å²) >= 11 is 0. The fourth-order valence-corrected chi connectivity index (χ4v) is 1.55. The van der Waals surface area contributed by atoms with E-state index in [1.54, 1.807) is 0 Å². The van der Waals surface area contributed by atoms with E-state index in [9.17, 15) is 53.5 Å². The fraction of sp³-hybridized carbons (Fsp3) is 0.692. The quantitative estimate of drug-likeness (QED) is 0.358. The van der Waals surface area contributed by atoms with Crippen molar-refractivity contribution >= 4 is 11.9 Å². The first-order chi connectivity index (χ1) is 12.3. The minimum Gasteiger partial charge on any atom is -0.462 e. The molecule has 1 N–H and O–H groups in total. The standard InChI is InChI=1S/C13H12F10O5/c1-5(2)7(25)27-4-3-6(24)28-8(12(18,19)20)11(16,17)10(26,9(14)15)13(21,22)23/h8-9,26H,1,3-4H2,2H3. The van der Waals surface area contributed by atoms with Crippen LogP contribution >= 0.6 is 0 Å². The molecule has 0 saturated carbocycles. The molecule has 2 unspecified atom stereocenters. The van der Waals surface area contributed by atoms with Gasteiger partial charge in [0.2, 0.25) is 0 Å². The number of halogens is 10. The van der Waals surface area contributed by atoms with E-state index >= 15 is 0 Å². The lowest BCUT2D eigenvalue weighted by Crippen LogP contribution is -2.70. The van der Waals surface area contributed by atoms with Crippen molar-refractivity contribution in [2.75, 3.05) is 6.61 Å². The van der Waals surface area contributed by atoms with Gasteiger partial charge in [-0.25, -0.2) is 13.6 Å². The Morgan fingerprint density at radius 2 is 1.50 bits per heavy atom. The van der Waals surface area contributed by atoms with Crippen molar-refractivity contribution in [3.05, 3.63) is 12.2 Å². The van der Waals surface area contributed by atoms with E-state index < -0.39 is 61.4 Å². The summed E-state index contributed by atoms with van der Waals surface area (Å²) in [6, 6.07) is 0. The SMILES string of the molecule is C=C(C)C(=O)OCCC(=O)OC(C(F)(F)F)C(F)(F)C(O)(C(F)F)C(F)(F)F. The van der Waals surface area contributed by atoms with E-state index in [1.807, 2.05) is 0 Å². The Morgan fingerprint density at radius 1 is 1.04 bits per heavy atom. The monoisotopic (exact) mass is 438 g/mol. The van der Waals surface area contributed by atoms with E-state index in [2.05, 4.69) is 16.1 Å². The van der Waals surface area contributed by atoms with Crippen LogP contribution in [0.15, 0.2) is 12.2 Å². The van der Waals surface area contributed by atoms with Crippen molar-refractivity contribution in [1.29, 1.82) is 0 Å². The highest BCUT2D eigenvalue weighted by atomic mass is 19.4. The fourth-order valence-electron chi connectivity index (χ4n) is 1.55. The van der Waals surface area contributed by atoms with Crippen LogP contribution in [0.4, 0.5) is 43.9 Å². The van der Waals surface area contributed by atoms with Crippen molar-refractivity contribution in [3.63, 3.8) is 0 Å². The maximum atomic E-state index is 13.8. The minimum absolute atomic E-state index is 0.222. The summed E-state index contributed by atoms with van der Waals surface area (Å²) in [4.78, 5) is 22.2. The van der Waals surface area contributed by atoms with Crippen LogP contribution in [0.2, 0.25) is 0 Å². The van der Waals surface area contributed by atoms with Gasteiger partial charge in [0.1, 0.15) is 6.61 Å². The Kier molecular flexibility index (Phi) is 7.90. The second kappa shape index (κ2) is 8.53. The molecule has 0 aliphatic rings. The van der Waals surface area contributed by atoms with Gasteiger partial charge in [-0.1, -0.05) is 6.58 Å². The van der Waals surface area contributed by atoms with Gasteiger partial charge in [0, 0.05) is 5.57 Å². The molecule has 0 aromatic heterocycles. The van der Waals surface area contributed by atoms with Crippen LogP contribution < -0.4 is 0 Å². The number of alkyl halides is 10. The Hall–Kier alpha value is -2.06. The molecule has 28 heavy (non-hydrogen) atoms. The lowest BCUT2D eigenvalue weighted by molar-refractivity contribution is -0.401. The number of hydrogen-bond acceptors (Lipinski definition) is 5. The number of carbonyl (C=O) groups excluding carboxylic acids is 2. The Morgan fingerprint density at radius 3 is 1.82 bits per heavy atom. The molecule has 5 nitrogen and oxygen atoms in total. The lowest BCUT2D eigenvalue weighted by atomic mass is 9.90. The predicted octanol–water partition coefficient (Wildman–Crippen LogP) is 3.16. The summed E-state index contributed by atoms with van der Waals surface area (Å²) in [5.74, 6) is -10.1. The molecule has 0 aromatic carbocycles. The largest absolute Gasteiger partial charge is 0.462 e. The van der Waals surface area contributed by atoms with Crippen LogP contribution in [0.3, 0.4) is 0 Å². The molecule has 0 fully saturated rings. The van der Waals surface area contributed by atoms with Gasteiger partial charge < -0.3 is 14.6 Å². The van der Waals surface area contributed by atoms with Crippen LogP contribution in [-0.4, -0.2) is 60.1 Å². The minimum atomic E-state index is -6.93. The third-order valence-corrected chi connectivity index (χ3v) is 3.02. The van der Waals surface area contributed by atoms with E-state index in [4.69, 9.17) is 5.11 Å². The van der Waals surface area contributed by atoms with Crippen LogP contribution in [0, 0.1) is 0 Å². The van der Waals surface area contributed by atoms with Gasteiger partial charge in [-0.2, -0.15) is 35.1 Å². The first-order valence-corrected chi connectivity index (χ1v) is 6.84. The second-order valence-corrected chi connectivity index (χ2v) is 5.27. The van der Waals surface area contributed by atoms with Crippen LogP contribution in [0.25, 0.3) is 0 Å². The predicted molar refractivity (Wildman–Crippen MR) is 68.3 cm³/mol. The van der Waals surface area contributed by atoms with E-state index in [0.717, 1.165) is 6.92 Å². The third kappa shape index (κ3) is 5.48. The average molecular weight is 438 g/mol. The van der Waals surface area contributed by atoms with Crippen LogP contribution in [0.1, 0.15) is 13.3 Å². The van der Waals surface area contributed by atoms with Gasteiger partial charge in [0.25, 0.3) is 18.1 Å². The van der Waals surface area contributed by atoms with Crippen LogP contribution in [-0.2, 0) is 19.1 Å². The Labute approximate surface area is 149 Å². The highest BCUT2D eigenvalue weighted by Crippen LogP contribution is 2.51. The number of hydrogen-bond donors (Lipinski definition) is 1. The topological polar surface area (TPSA) is 72.8 Å². The van der Waals surface area contributed by atoms with E-state index in [0.29, 0.717) is 0 Å². The molecule has 0 radical (unpaired) electrons. The molecule has 164 valence electrons. The molecule has 0 heterocycles.